The number of halogens is 1. The van der Waals surface area contributed by atoms with Crippen molar-refractivity contribution in [2.45, 2.75) is 44.1 Å². The Morgan fingerprint density at radius 1 is 1.33 bits per heavy atom. The Morgan fingerprint density at radius 3 is 2.39 bits per heavy atom. The lowest BCUT2D eigenvalue weighted by Gasteiger charge is -2.39. The first-order valence-electron chi connectivity index (χ1n) is 6.27. The van der Waals surface area contributed by atoms with Gasteiger partial charge in [-0.05, 0) is 33.6 Å². The predicted molar refractivity (Wildman–Crippen MR) is 77.5 cm³/mol. The molecule has 2 aliphatic rings. The van der Waals surface area contributed by atoms with Gasteiger partial charge in [0.15, 0.2) is 0 Å². The van der Waals surface area contributed by atoms with E-state index in [2.05, 4.69) is 5.32 Å². The molecule has 2 rings (SSSR count). The molecule has 0 bridgehead atoms. The van der Waals surface area contributed by atoms with Crippen LogP contribution >= 0.6 is 24.2 Å². The molecule has 1 N–H and O–H groups in total. The molecular formula is C12H23ClN2O2S. The molecule has 106 valence electrons. The van der Waals surface area contributed by atoms with E-state index in [-0.39, 0.29) is 23.4 Å². The largest absolute Gasteiger partial charge is 0.444 e. The second-order valence-electron chi connectivity index (χ2n) is 5.74. The van der Waals surface area contributed by atoms with E-state index in [4.69, 9.17) is 4.74 Å². The third-order valence-corrected chi connectivity index (χ3v) is 4.66. The highest BCUT2D eigenvalue weighted by Crippen LogP contribution is 2.37. The number of nitrogens with one attached hydrogen (secondary N) is 1. The molecule has 0 unspecified atom stereocenters. The quantitative estimate of drug-likeness (QED) is 0.745. The van der Waals surface area contributed by atoms with Crippen LogP contribution in [-0.2, 0) is 4.74 Å². The number of thioether (sulfide) groups is 1. The summed E-state index contributed by atoms with van der Waals surface area (Å²) in [5.41, 5.74) is -0.396. The van der Waals surface area contributed by atoms with E-state index in [1.54, 1.807) is 0 Å². The van der Waals surface area contributed by atoms with E-state index in [0.717, 1.165) is 32.5 Å². The third kappa shape index (κ3) is 3.93. The van der Waals surface area contributed by atoms with Crippen molar-refractivity contribution in [1.82, 2.24) is 10.2 Å². The fourth-order valence-corrected chi connectivity index (χ4v) is 3.54. The topological polar surface area (TPSA) is 41.6 Å². The van der Waals surface area contributed by atoms with Crippen molar-refractivity contribution in [3.8, 4) is 0 Å². The molecular weight excluding hydrogens is 272 g/mol. The standard InChI is InChI=1S/C12H22N2O2S.ClH/c1-11(2,3)16-10(15)14-7-4-12(5-8-14)13-6-9-17-12;/h13H,4-9H2,1-3H3;1H. The van der Waals surface area contributed by atoms with E-state index >= 15 is 0 Å². The molecule has 2 saturated heterocycles. The number of hydrogen-bond acceptors (Lipinski definition) is 4. The highest BCUT2D eigenvalue weighted by Gasteiger charge is 2.39. The number of rotatable bonds is 0. The monoisotopic (exact) mass is 294 g/mol. The van der Waals surface area contributed by atoms with Gasteiger partial charge >= 0.3 is 6.09 Å². The lowest BCUT2D eigenvalue weighted by atomic mass is 10.0. The van der Waals surface area contributed by atoms with Gasteiger partial charge in [0.2, 0.25) is 0 Å². The highest BCUT2D eigenvalue weighted by molar-refractivity contribution is 8.00. The zero-order valence-electron chi connectivity index (χ0n) is 11.3. The van der Waals surface area contributed by atoms with Gasteiger partial charge in [0.05, 0.1) is 4.87 Å². The summed E-state index contributed by atoms with van der Waals surface area (Å²) in [6, 6.07) is 0. The molecule has 0 aromatic carbocycles. The Morgan fingerprint density at radius 2 is 1.94 bits per heavy atom. The molecule has 1 spiro atoms. The Kier molecular flexibility index (Phi) is 5.21. The van der Waals surface area contributed by atoms with Crippen LogP contribution in [-0.4, -0.2) is 46.9 Å². The van der Waals surface area contributed by atoms with Crippen molar-refractivity contribution in [1.29, 1.82) is 0 Å². The van der Waals surface area contributed by atoms with Crippen LogP contribution in [0.4, 0.5) is 4.79 Å². The first kappa shape index (κ1) is 15.9. The van der Waals surface area contributed by atoms with Crippen LogP contribution in [0.2, 0.25) is 0 Å². The number of amides is 1. The number of ether oxygens (including phenoxy) is 1. The maximum Gasteiger partial charge on any atom is 0.410 e. The number of nitrogens with zero attached hydrogens (tertiary/aromatic N) is 1. The molecule has 1 amide bonds. The lowest BCUT2D eigenvalue weighted by molar-refractivity contribution is 0.0191. The van der Waals surface area contributed by atoms with Gasteiger partial charge in [-0.3, -0.25) is 0 Å². The van der Waals surface area contributed by atoms with Crippen LogP contribution < -0.4 is 5.32 Å². The summed E-state index contributed by atoms with van der Waals surface area (Å²) in [4.78, 5) is 14.0. The van der Waals surface area contributed by atoms with Crippen molar-refractivity contribution in [2.24, 2.45) is 0 Å². The van der Waals surface area contributed by atoms with Crippen molar-refractivity contribution in [2.75, 3.05) is 25.4 Å². The van der Waals surface area contributed by atoms with E-state index < -0.39 is 5.60 Å². The van der Waals surface area contributed by atoms with Gasteiger partial charge in [-0.2, -0.15) is 0 Å². The fourth-order valence-electron chi connectivity index (χ4n) is 2.27. The summed E-state index contributed by atoms with van der Waals surface area (Å²) < 4.78 is 5.39. The van der Waals surface area contributed by atoms with Crippen molar-refractivity contribution >= 4 is 30.3 Å². The number of hydrogen-bond donors (Lipinski definition) is 1. The van der Waals surface area contributed by atoms with Crippen LogP contribution in [0.15, 0.2) is 0 Å². The Labute approximate surface area is 120 Å². The van der Waals surface area contributed by atoms with Gasteiger partial charge in [-0.15, -0.1) is 24.2 Å². The first-order chi connectivity index (χ1) is 7.90. The highest BCUT2D eigenvalue weighted by atomic mass is 35.5. The van der Waals surface area contributed by atoms with Gasteiger partial charge < -0.3 is 15.0 Å². The normalized spacial score (nSPS) is 22.7. The molecule has 2 fully saturated rings. The minimum atomic E-state index is -0.396. The van der Waals surface area contributed by atoms with E-state index in [1.165, 1.54) is 5.75 Å². The molecule has 0 aromatic heterocycles. The summed E-state index contributed by atoms with van der Waals surface area (Å²) in [6.07, 6.45) is 1.88. The van der Waals surface area contributed by atoms with Crippen LogP contribution in [0.3, 0.4) is 0 Å². The first-order valence-corrected chi connectivity index (χ1v) is 7.26. The van der Waals surface area contributed by atoms with Gasteiger partial charge in [-0.1, -0.05) is 0 Å². The van der Waals surface area contributed by atoms with Gasteiger partial charge in [0.1, 0.15) is 5.60 Å². The molecule has 18 heavy (non-hydrogen) atoms. The molecule has 0 saturated carbocycles. The Hall–Kier alpha value is -0.130. The van der Waals surface area contributed by atoms with E-state index in [1.807, 2.05) is 37.4 Å². The molecule has 2 aliphatic heterocycles. The molecule has 0 radical (unpaired) electrons. The Bertz CT molecular complexity index is 291. The number of carbonyl (C=O) groups is 1. The zero-order valence-corrected chi connectivity index (χ0v) is 13.0. The second kappa shape index (κ2) is 5.88. The zero-order chi connectivity index (χ0) is 12.5. The van der Waals surface area contributed by atoms with Crippen LogP contribution in [0.5, 0.6) is 0 Å². The third-order valence-electron chi connectivity index (χ3n) is 3.15. The number of likely N-dealkylation sites (tertiary alicyclic amines) is 1. The van der Waals surface area contributed by atoms with E-state index in [9.17, 15) is 4.79 Å². The molecule has 2 heterocycles. The fraction of sp³-hybridized carbons (Fsp3) is 0.917. The maximum atomic E-state index is 11.9. The minimum absolute atomic E-state index is 0. The number of carbonyl (C=O) groups excluding carboxylic acids is 1. The molecule has 0 aliphatic carbocycles. The van der Waals surface area contributed by atoms with Crippen LogP contribution in [0, 0.1) is 0 Å². The molecule has 4 nitrogen and oxygen atoms in total. The van der Waals surface area contributed by atoms with Crippen molar-refractivity contribution in [3.63, 3.8) is 0 Å². The summed E-state index contributed by atoms with van der Waals surface area (Å²) in [6.45, 7) is 8.42. The summed E-state index contributed by atoms with van der Waals surface area (Å²) in [7, 11) is 0. The summed E-state index contributed by atoms with van der Waals surface area (Å²) in [5, 5.41) is 3.56. The Balaban J connectivity index is 0.00000162. The average molecular weight is 295 g/mol. The van der Waals surface area contributed by atoms with Gasteiger partial charge in [-0.25, -0.2) is 4.79 Å². The minimum Gasteiger partial charge on any atom is -0.444 e. The average Bonchev–Trinajstić information content (AvgIpc) is 2.65. The van der Waals surface area contributed by atoms with Gasteiger partial charge in [0.25, 0.3) is 0 Å². The second-order valence-corrected chi connectivity index (χ2v) is 7.22. The lowest BCUT2D eigenvalue weighted by Crippen LogP contribution is -2.50. The molecule has 0 aromatic rings. The predicted octanol–water partition coefficient (Wildman–Crippen LogP) is 2.47. The smallest absolute Gasteiger partial charge is 0.410 e. The van der Waals surface area contributed by atoms with E-state index in [0.29, 0.717) is 0 Å². The summed E-state index contributed by atoms with van der Waals surface area (Å²) >= 11 is 2.00. The maximum absolute atomic E-state index is 11.9. The molecule has 6 heteroatoms. The van der Waals surface area contributed by atoms with Crippen molar-refractivity contribution < 1.29 is 9.53 Å². The molecule has 0 atom stereocenters. The number of piperidine rings is 1. The van der Waals surface area contributed by atoms with Crippen molar-refractivity contribution in [3.05, 3.63) is 0 Å². The van der Waals surface area contributed by atoms with Crippen LogP contribution in [0.25, 0.3) is 0 Å². The van der Waals surface area contributed by atoms with Gasteiger partial charge in [0, 0.05) is 25.4 Å². The SMILES string of the molecule is CC(C)(C)OC(=O)N1CCC2(CC1)NCCS2.Cl. The van der Waals surface area contributed by atoms with Crippen LogP contribution in [0.1, 0.15) is 33.6 Å². The summed E-state index contributed by atoms with van der Waals surface area (Å²) in [5.74, 6) is 1.19.